The van der Waals surface area contributed by atoms with Crippen molar-refractivity contribution in [2.24, 2.45) is 0 Å². The van der Waals surface area contributed by atoms with Crippen LogP contribution in [-0.2, 0) is 6.42 Å². The summed E-state index contributed by atoms with van der Waals surface area (Å²) in [6.07, 6.45) is 6.34. The van der Waals surface area contributed by atoms with E-state index in [0.29, 0.717) is 30.0 Å². The molecule has 0 bridgehead atoms. The highest BCUT2D eigenvalue weighted by molar-refractivity contribution is 7.99. The number of methoxy groups -OCH3 is 2. The van der Waals surface area contributed by atoms with Gasteiger partial charge in [-0.15, -0.1) is 0 Å². The topological polar surface area (TPSA) is 89.1 Å². The molecule has 0 fully saturated rings. The maximum Gasteiger partial charge on any atom is 0.252 e. The number of hydrogen-bond donors (Lipinski definition) is 2. The minimum Gasteiger partial charge on any atom is -0.493 e. The van der Waals surface area contributed by atoms with Gasteiger partial charge in [-0.05, 0) is 78.7 Å². The zero-order valence-corrected chi connectivity index (χ0v) is 22.5. The maximum absolute atomic E-state index is 13.1. The molecule has 5 aromatic rings. The van der Waals surface area contributed by atoms with E-state index in [1.54, 1.807) is 32.2 Å². The van der Waals surface area contributed by atoms with Gasteiger partial charge in [-0.25, -0.2) is 0 Å². The van der Waals surface area contributed by atoms with E-state index in [1.165, 1.54) is 0 Å². The van der Waals surface area contributed by atoms with Gasteiger partial charge in [0.15, 0.2) is 11.5 Å². The van der Waals surface area contributed by atoms with E-state index in [1.807, 2.05) is 84.9 Å². The summed E-state index contributed by atoms with van der Waals surface area (Å²) in [4.78, 5) is 19.3. The third-order valence-electron chi connectivity index (χ3n) is 6.17. The number of aromatic amines is 1. The number of carbonyl (C=O) groups is 1. The number of H-pyrrole nitrogens is 1. The van der Waals surface area contributed by atoms with Gasteiger partial charge >= 0.3 is 0 Å². The predicted molar refractivity (Wildman–Crippen MR) is 155 cm³/mol. The molecule has 0 spiro atoms. The zero-order valence-electron chi connectivity index (χ0n) is 21.7. The van der Waals surface area contributed by atoms with E-state index in [4.69, 9.17) is 9.47 Å². The molecule has 0 unspecified atom stereocenters. The van der Waals surface area contributed by atoms with E-state index in [0.717, 1.165) is 37.6 Å². The summed E-state index contributed by atoms with van der Waals surface area (Å²) in [5.41, 5.74) is 4.34. The molecule has 0 radical (unpaired) electrons. The Morgan fingerprint density at radius 1 is 0.949 bits per heavy atom. The van der Waals surface area contributed by atoms with Gasteiger partial charge in [0.25, 0.3) is 5.91 Å². The van der Waals surface area contributed by atoms with Gasteiger partial charge in [0.1, 0.15) is 0 Å². The molecular weight excluding hydrogens is 508 g/mol. The van der Waals surface area contributed by atoms with Crippen LogP contribution in [0, 0.1) is 0 Å². The number of carbonyl (C=O) groups excluding carboxylic acids is 1. The molecule has 8 heteroatoms. The van der Waals surface area contributed by atoms with Gasteiger partial charge in [-0.2, -0.15) is 5.10 Å². The van der Waals surface area contributed by atoms with Crippen molar-refractivity contribution < 1.29 is 14.3 Å². The highest BCUT2D eigenvalue weighted by Crippen LogP contribution is 2.33. The first-order valence-corrected chi connectivity index (χ1v) is 13.3. The average molecular weight is 537 g/mol. The zero-order chi connectivity index (χ0) is 27.0. The quantitative estimate of drug-likeness (QED) is 0.219. The van der Waals surface area contributed by atoms with Crippen LogP contribution in [0.1, 0.15) is 27.3 Å². The predicted octanol–water partition coefficient (Wildman–Crippen LogP) is 6.27. The number of aromatic nitrogens is 3. The van der Waals surface area contributed by atoms with Crippen molar-refractivity contribution in [3.8, 4) is 11.5 Å². The smallest absolute Gasteiger partial charge is 0.252 e. The Bertz CT molecular complexity index is 1620. The van der Waals surface area contributed by atoms with E-state index in [-0.39, 0.29) is 5.91 Å². The van der Waals surface area contributed by atoms with Gasteiger partial charge in [0.2, 0.25) is 0 Å². The molecule has 39 heavy (non-hydrogen) atoms. The minimum atomic E-state index is -0.108. The Morgan fingerprint density at radius 3 is 2.62 bits per heavy atom. The number of nitrogens with one attached hydrogen (secondary N) is 2. The lowest BCUT2D eigenvalue weighted by Crippen LogP contribution is -2.26. The van der Waals surface area contributed by atoms with Crippen molar-refractivity contribution in [1.29, 1.82) is 0 Å². The minimum absolute atomic E-state index is 0.108. The van der Waals surface area contributed by atoms with Crippen LogP contribution in [0.5, 0.6) is 11.5 Å². The van der Waals surface area contributed by atoms with E-state index in [9.17, 15) is 4.79 Å². The molecule has 2 heterocycles. The Hall–Kier alpha value is -4.56. The molecule has 0 saturated heterocycles. The summed E-state index contributed by atoms with van der Waals surface area (Å²) < 4.78 is 10.7. The SMILES string of the molecule is COc1ccc(CCNC(=O)c2ccccc2Sc2ccc3c(/C=C/c4ccccn4)n[nH]c3c2)cc1OC. The molecule has 7 nitrogen and oxygen atoms in total. The van der Waals surface area contributed by atoms with Crippen LogP contribution in [0.4, 0.5) is 0 Å². The molecule has 1 amide bonds. The first kappa shape index (κ1) is 26.1. The van der Waals surface area contributed by atoms with Crippen LogP contribution >= 0.6 is 11.8 Å². The number of amides is 1. The monoisotopic (exact) mass is 536 g/mol. The van der Waals surface area contributed by atoms with Crippen LogP contribution in [0.15, 0.2) is 94.9 Å². The lowest BCUT2D eigenvalue weighted by Gasteiger charge is -2.11. The van der Waals surface area contributed by atoms with E-state index < -0.39 is 0 Å². The normalized spacial score (nSPS) is 11.1. The van der Waals surface area contributed by atoms with Gasteiger partial charge in [-0.1, -0.05) is 36.0 Å². The Balaban J connectivity index is 1.25. The standard InChI is InChI=1S/C31H28N4O3S/c1-37-28-15-10-21(19-29(28)38-2)16-18-33-31(36)25-8-3-4-9-30(25)39-23-12-13-24-26(34-35-27(24)20-23)14-11-22-7-5-6-17-32-22/h3-15,17,19-20H,16,18H2,1-2H3,(H,33,36)(H,34,35)/b14-11+. The molecule has 0 aliphatic carbocycles. The lowest BCUT2D eigenvalue weighted by molar-refractivity contribution is 0.0951. The number of nitrogens with zero attached hydrogens (tertiary/aromatic N) is 2. The largest absolute Gasteiger partial charge is 0.493 e. The fourth-order valence-corrected chi connectivity index (χ4v) is 5.16. The summed E-state index contributed by atoms with van der Waals surface area (Å²) in [5.74, 6) is 1.25. The molecule has 196 valence electrons. The van der Waals surface area contributed by atoms with Crippen LogP contribution in [0.3, 0.4) is 0 Å². The molecule has 5 rings (SSSR count). The number of pyridine rings is 1. The highest BCUT2D eigenvalue weighted by atomic mass is 32.2. The van der Waals surface area contributed by atoms with Crippen LogP contribution in [0.25, 0.3) is 23.1 Å². The molecule has 0 aliphatic rings. The summed E-state index contributed by atoms with van der Waals surface area (Å²) in [6, 6.07) is 25.4. The molecule has 0 saturated carbocycles. The third-order valence-corrected chi connectivity index (χ3v) is 7.24. The van der Waals surface area contributed by atoms with Crippen molar-refractivity contribution in [1.82, 2.24) is 20.5 Å². The molecule has 3 aromatic carbocycles. The highest BCUT2D eigenvalue weighted by Gasteiger charge is 2.13. The van der Waals surface area contributed by atoms with Crippen molar-refractivity contribution in [2.75, 3.05) is 20.8 Å². The summed E-state index contributed by atoms with van der Waals surface area (Å²) >= 11 is 1.55. The molecular formula is C31H28N4O3S. The Morgan fingerprint density at radius 2 is 1.79 bits per heavy atom. The fourth-order valence-electron chi connectivity index (χ4n) is 4.17. The summed E-state index contributed by atoms with van der Waals surface area (Å²) in [6.45, 7) is 0.502. The van der Waals surface area contributed by atoms with Crippen LogP contribution in [0.2, 0.25) is 0 Å². The number of hydrogen-bond acceptors (Lipinski definition) is 6. The van der Waals surface area contributed by atoms with Gasteiger partial charge < -0.3 is 14.8 Å². The number of rotatable bonds is 10. The second kappa shape index (κ2) is 12.3. The number of benzene rings is 3. The lowest BCUT2D eigenvalue weighted by atomic mass is 10.1. The van der Waals surface area contributed by atoms with Crippen LogP contribution in [-0.4, -0.2) is 41.9 Å². The first-order valence-electron chi connectivity index (χ1n) is 12.5. The van der Waals surface area contributed by atoms with Crippen LogP contribution < -0.4 is 14.8 Å². The molecule has 0 aliphatic heterocycles. The van der Waals surface area contributed by atoms with Crippen molar-refractivity contribution in [3.05, 3.63) is 108 Å². The van der Waals surface area contributed by atoms with Crippen molar-refractivity contribution >= 4 is 40.7 Å². The summed E-state index contributed by atoms with van der Waals surface area (Å²) in [7, 11) is 3.22. The average Bonchev–Trinajstić information content (AvgIpc) is 3.39. The second-order valence-corrected chi connectivity index (χ2v) is 9.81. The third kappa shape index (κ3) is 6.30. The Labute approximate surface area is 231 Å². The summed E-state index contributed by atoms with van der Waals surface area (Å²) in [5, 5.41) is 11.6. The van der Waals surface area contributed by atoms with E-state index in [2.05, 4.69) is 26.6 Å². The second-order valence-electron chi connectivity index (χ2n) is 8.70. The molecule has 2 aromatic heterocycles. The first-order chi connectivity index (χ1) is 19.1. The maximum atomic E-state index is 13.1. The number of fused-ring (bicyclic) bond motifs is 1. The Kier molecular flexibility index (Phi) is 8.23. The van der Waals surface area contributed by atoms with E-state index >= 15 is 0 Å². The fraction of sp³-hybridized carbons (Fsp3) is 0.129. The molecule has 2 N–H and O–H groups in total. The van der Waals surface area contributed by atoms with Crippen molar-refractivity contribution in [2.45, 2.75) is 16.2 Å². The molecule has 0 atom stereocenters. The van der Waals surface area contributed by atoms with Gasteiger partial charge in [0, 0.05) is 27.9 Å². The van der Waals surface area contributed by atoms with Gasteiger partial charge in [-0.3, -0.25) is 14.9 Å². The number of ether oxygens (including phenoxy) is 2. The van der Waals surface area contributed by atoms with Gasteiger partial charge in [0.05, 0.1) is 36.7 Å². The van der Waals surface area contributed by atoms with Crippen molar-refractivity contribution in [3.63, 3.8) is 0 Å².